The van der Waals surface area contributed by atoms with Crippen molar-refractivity contribution in [3.05, 3.63) is 29.8 Å². The van der Waals surface area contributed by atoms with E-state index in [-0.39, 0.29) is 18.5 Å². The lowest BCUT2D eigenvalue weighted by Gasteiger charge is -2.17. The normalized spacial score (nSPS) is 11.9. The molecule has 0 radical (unpaired) electrons. The van der Waals surface area contributed by atoms with Gasteiger partial charge in [0.25, 0.3) is 0 Å². The quantitative estimate of drug-likeness (QED) is 0.692. The number of carbonyl (C=O) groups is 1. The molecule has 0 fully saturated rings. The summed E-state index contributed by atoms with van der Waals surface area (Å²) in [7, 11) is 3.26. The first-order chi connectivity index (χ1) is 9.19. The average Bonchev–Trinajstić information content (AvgIpc) is 2.43. The highest BCUT2D eigenvalue weighted by Crippen LogP contribution is 2.23. The molecule has 106 valence electrons. The second-order valence-corrected chi connectivity index (χ2v) is 4.20. The lowest BCUT2D eigenvalue weighted by Crippen LogP contribution is -2.36. The van der Waals surface area contributed by atoms with E-state index in [1.54, 1.807) is 14.2 Å². The van der Waals surface area contributed by atoms with E-state index in [4.69, 9.17) is 9.47 Å². The minimum absolute atomic E-state index is 0.0468. The van der Waals surface area contributed by atoms with Crippen LogP contribution in [0.2, 0.25) is 0 Å². The van der Waals surface area contributed by atoms with Crippen LogP contribution in [0.3, 0.4) is 0 Å². The van der Waals surface area contributed by atoms with Gasteiger partial charge in [-0.15, -0.1) is 0 Å². The lowest BCUT2D eigenvalue weighted by molar-refractivity contribution is -0.120. The number of ether oxygens (including phenoxy) is 2. The first-order valence-electron chi connectivity index (χ1n) is 6.31. The van der Waals surface area contributed by atoms with Crippen molar-refractivity contribution in [2.75, 3.05) is 33.9 Å². The molecular weight excluding hydrogens is 244 g/mol. The number of para-hydroxylation sites is 1. The molecule has 0 unspecified atom stereocenters. The van der Waals surface area contributed by atoms with Gasteiger partial charge in [-0.25, -0.2) is 0 Å². The zero-order valence-corrected chi connectivity index (χ0v) is 11.7. The van der Waals surface area contributed by atoms with E-state index >= 15 is 0 Å². The molecule has 0 saturated carbocycles. The maximum absolute atomic E-state index is 11.7. The Morgan fingerprint density at radius 3 is 2.74 bits per heavy atom. The van der Waals surface area contributed by atoms with E-state index in [0.29, 0.717) is 13.2 Å². The summed E-state index contributed by atoms with van der Waals surface area (Å²) < 4.78 is 10.2. The standard InChI is InChI=1S/C14H22N2O3/c1-11(12-6-4-5-7-13(12)19-3)16-14(17)10-15-8-9-18-2/h4-7,11,15H,8-10H2,1-3H3,(H,16,17)/t11-/m1/s1. The van der Waals surface area contributed by atoms with Crippen molar-refractivity contribution in [3.63, 3.8) is 0 Å². The molecule has 5 nitrogen and oxygen atoms in total. The Kier molecular flexibility index (Phi) is 6.92. The Bertz CT molecular complexity index is 396. The maximum atomic E-state index is 11.7. The van der Waals surface area contributed by atoms with Crippen LogP contribution in [-0.4, -0.2) is 39.8 Å². The van der Waals surface area contributed by atoms with Crippen molar-refractivity contribution < 1.29 is 14.3 Å². The van der Waals surface area contributed by atoms with Gasteiger partial charge in [0.15, 0.2) is 0 Å². The predicted octanol–water partition coefficient (Wildman–Crippen LogP) is 1.11. The fraction of sp³-hybridized carbons (Fsp3) is 0.500. The molecule has 0 saturated heterocycles. The van der Waals surface area contributed by atoms with E-state index in [0.717, 1.165) is 11.3 Å². The highest BCUT2D eigenvalue weighted by Gasteiger charge is 2.12. The molecule has 0 aliphatic rings. The molecule has 0 aromatic heterocycles. The molecule has 0 spiro atoms. The van der Waals surface area contributed by atoms with Crippen molar-refractivity contribution in [2.24, 2.45) is 0 Å². The van der Waals surface area contributed by atoms with Crippen LogP contribution in [-0.2, 0) is 9.53 Å². The van der Waals surface area contributed by atoms with Gasteiger partial charge in [0.2, 0.25) is 5.91 Å². The van der Waals surface area contributed by atoms with Gasteiger partial charge in [0.1, 0.15) is 5.75 Å². The van der Waals surface area contributed by atoms with Crippen molar-refractivity contribution >= 4 is 5.91 Å². The molecule has 0 aliphatic carbocycles. The Labute approximate surface area is 114 Å². The number of hydrogen-bond acceptors (Lipinski definition) is 4. The molecule has 5 heteroatoms. The van der Waals surface area contributed by atoms with Crippen molar-refractivity contribution in [1.82, 2.24) is 10.6 Å². The second kappa shape index (κ2) is 8.50. The van der Waals surface area contributed by atoms with Crippen LogP contribution in [0.15, 0.2) is 24.3 Å². The Hall–Kier alpha value is -1.59. The van der Waals surface area contributed by atoms with Crippen molar-refractivity contribution in [1.29, 1.82) is 0 Å². The summed E-state index contributed by atoms with van der Waals surface area (Å²) in [5.41, 5.74) is 0.968. The Morgan fingerprint density at radius 1 is 1.32 bits per heavy atom. The van der Waals surface area contributed by atoms with Gasteiger partial charge in [0.05, 0.1) is 26.3 Å². The van der Waals surface area contributed by atoms with Gasteiger partial charge in [-0.3, -0.25) is 4.79 Å². The number of benzene rings is 1. The minimum Gasteiger partial charge on any atom is -0.496 e. The first-order valence-corrected chi connectivity index (χ1v) is 6.31. The molecule has 19 heavy (non-hydrogen) atoms. The van der Waals surface area contributed by atoms with Gasteiger partial charge in [-0.1, -0.05) is 18.2 Å². The number of carbonyl (C=O) groups excluding carboxylic acids is 1. The average molecular weight is 266 g/mol. The number of methoxy groups -OCH3 is 2. The summed E-state index contributed by atoms with van der Waals surface area (Å²) in [5.74, 6) is 0.733. The molecule has 1 rings (SSSR count). The van der Waals surface area contributed by atoms with Crippen LogP contribution in [0, 0.1) is 0 Å². The van der Waals surface area contributed by atoms with Crippen LogP contribution >= 0.6 is 0 Å². The summed E-state index contributed by atoms with van der Waals surface area (Å²) in [4.78, 5) is 11.7. The molecule has 1 amide bonds. The third-order valence-electron chi connectivity index (χ3n) is 2.75. The van der Waals surface area contributed by atoms with E-state index in [2.05, 4.69) is 10.6 Å². The molecule has 0 bridgehead atoms. The topological polar surface area (TPSA) is 59.6 Å². The van der Waals surface area contributed by atoms with Gasteiger partial charge < -0.3 is 20.1 Å². The van der Waals surface area contributed by atoms with E-state index in [9.17, 15) is 4.79 Å². The first kappa shape index (κ1) is 15.5. The smallest absolute Gasteiger partial charge is 0.234 e. The fourth-order valence-electron chi connectivity index (χ4n) is 1.77. The van der Waals surface area contributed by atoms with Crippen LogP contribution in [0.25, 0.3) is 0 Å². The van der Waals surface area contributed by atoms with Crippen molar-refractivity contribution in [2.45, 2.75) is 13.0 Å². The minimum atomic E-state index is -0.0899. The molecule has 0 aliphatic heterocycles. The SMILES string of the molecule is COCCNCC(=O)N[C@H](C)c1ccccc1OC. The summed E-state index contributed by atoms with van der Waals surface area (Å²) in [6.45, 7) is 3.47. The molecular formula is C14H22N2O3. The number of hydrogen-bond donors (Lipinski definition) is 2. The van der Waals surface area contributed by atoms with Gasteiger partial charge in [0, 0.05) is 19.2 Å². The molecule has 1 aromatic carbocycles. The zero-order valence-electron chi connectivity index (χ0n) is 11.7. The fourth-order valence-corrected chi connectivity index (χ4v) is 1.77. The van der Waals surface area contributed by atoms with E-state index in [1.165, 1.54) is 0 Å². The third kappa shape index (κ3) is 5.28. The highest BCUT2D eigenvalue weighted by atomic mass is 16.5. The largest absolute Gasteiger partial charge is 0.496 e. The maximum Gasteiger partial charge on any atom is 0.234 e. The van der Waals surface area contributed by atoms with Gasteiger partial charge in [-0.2, -0.15) is 0 Å². The molecule has 2 N–H and O–H groups in total. The lowest BCUT2D eigenvalue weighted by atomic mass is 10.1. The van der Waals surface area contributed by atoms with E-state index in [1.807, 2.05) is 31.2 Å². The zero-order chi connectivity index (χ0) is 14.1. The number of rotatable bonds is 8. The monoisotopic (exact) mass is 266 g/mol. The second-order valence-electron chi connectivity index (χ2n) is 4.20. The summed E-state index contributed by atoms with van der Waals surface area (Å²) in [6.07, 6.45) is 0. The molecule has 1 aromatic rings. The Balaban J connectivity index is 2.45. The Morgan fingerprint density at radius 2 is 2.05 bits per heavy atom. The van der Waals surface area contributed by atoms with Crippen LogP contribution < -0.4 is 15.4 Å². The summed E-state index contributed by atoms with van der Waals surface area (Å²) in [6, 6.07) is 7.57. The number of nitrogens with one attached hydrogen (secondary N) is 2. The van der Waals surface area contributed by atoms with Crippen molar-refractivity contribution in [3.8, 4) is 5.75 Å². The molecule has 0 heterocycles. The highest BCUT2D eigenvalue weighted by molar-refractivity contribution is 5.78. The third-order valence-corrected chi connectivity index (χ3v) is 2.75. The van der Waals surface area contributed by atoms with E-state index < -0.39 is 0 Å². The molecule has 1 atom stereocenters. The van der Waals surface area contributed by atoms with Crippen LogP contribution in [0.4, 0.5) is 0 Å². The van der Waals surface area contributed by atoms with Crippen LogP contribution in [0.1, 0.15) is 18.5 Å². The summed E-state index contributed by atoms with van der Waals surface area (Å²) in [5, 5.41) is 5.93. The number of amides is 1. The van der Waals surface area contributed by atoms with Crippen LogP contribution in [0.5, 0.6) is 5.75 Å². The van der Waals surface area contributed by atoms with Gasteiger partial charge in [-0.05, 0) is 13.0 Å². The van der Waals surface area contributed by atoms with Gasteiger partial charge >= 0.3 is 0 Å². The predicted molar refractivity (Wildman–Crippen MR) is 74.3 cm³/mol. The summed E-state index contributed by atoms with van der Waals surface area (Å²) >= 11 is 0.